The first-order chi connectivity index (χ1) is 17.6. The summed E-state index contributed by atoms with van der Waals surface area (Å²) in [4.78, 5) is 36.9. The topological polar surface area (TPSA) is 145 Å². The Bertz CT molecular complexity index is 1570. The highest BCUT2D eigenvalue weighted by molar-refractivity contribution is 7.87. The Hall–Kier alpha value is -4.62. The number of benzene rings is 3. The maximum atomic E-state index is 13.3. The number of thiocarbonyl (C=S) groups is 1. The summed E-state index contributed by atoms with van der Waals surface area (Å²) in [5, 5.41) is 13.3. The van der Waals surface area contributed by atoms with E-state index in [2.05, 4.69) is 5.32 Å². The van der Waals surface area contributed by atoms with E-state index in [1.165, 1.54) is 37.5 Å². The van der Waals surface area contributed by atoms with E-state index in [1.54, 1.807) is 30.3 Å². The van der Waals surface area contributed by atoms with Crippen LogP contribution in [0, 0.1) is 10.1 Å². The second-order valence-electron chi connectivity index (χ2n) is 7.49. The zero-order chi connectivity index (χ0) is 26.7. The predicted octanol–water partition coefficient (Wildman–Crippen LogP) is 3.20. The van der Waals surface area contributed by atoms with Crippen LogP contribution in [0.2, 0.25) is 0 Å². The Morgan fingerprint density at radius 3 is 2.41 bits per heavy atom. The number of nitro benzene ring substituents is 1. The van der Waals surface area contributed by atoms with Gasteiger partial charge in [0.25, 0.3) is 17.5 Å². The summed E-state index contributed by atoms with van der Waals surface area (Å²) in [6, 6.07) is 16.6. The van der Waals surface area contributed by atoms with Crippen LogP contribution < -0.4 is 19.1 Å². The number of ether oxygens (including phenoxy) is 1. The molecule has 0 unspecified atom stereocenters. The quantitative estimate of drug-likeness (QED) is 0.119. The minimum atomic E-state index is -4.49. The summed E-state index contributed by atoms with van der Waals surface area (Å²) in [5.74, 6) is -1.17. The van der Waals surface area contributed by atoms with Crippen molar-refractivity contribution in [2.75, 3.05) is 12.0 Å². The number of hydrogen-bond donors (Lipinski definition) is 1. The van der Waals surface area contributed by atoms with E-state index in [0.717, 1.165) is 23.1 Å². The molecule has 1 aliphatic rings. The number of carbonyl (C=O) groups is 2. The number of para-hydroxylation sites is 1. The zero-order valence-corrected chi connectivity index (χ0v) is 20.6. The number of non-ortho nitro benzene ring substituents is 1. The van der Waals surface area contributed by atoms with Crippen molar-refractivity contribution in [2.24, 2.45) is 0 Å². The number of methoxy groups -OCH3 is 1. The lowest BCUT2D eigenvalue weighted by Gasteiger charge is -2.29. The van der Waals surface area contributed by atoms with Crippen molar-refractivity contribution in [2.45, 2.75) is 4.90 Å². The van der Waals surface area contributed by atoms with Gasteiger partial charge in [0.05, 0.1) is 17.7 Å². The average molecular weight is 540 g/mol. The van der Waals surface area contributed by atoms with Crippen LogP contribution in [0.5, 0.6) is 11.5 Å². The van der Waals surface area contributed by atoms with Gasteiger partial charge in [-0.05, 0) is 54.7 Å². The molecule has 0 saturated carbocycles. The van der Waals surface area contributed by atoms with Gasteiger partial charge in [-0.25, -0.2) is 0 Å². The lowest BCUT2D eigenvalue weighted by molar-refractivity contribution is -0.385. The third-order valence-corrected chi connectivity index (χ3v) is 6.68. The van der Waals surface area contributed by atoms with E-state index < -0.39 is 37.4 Å². The Balaban J connectivity index is 1.69. The van der Waals surface area contributed by atoms with E-state index in [-0.39, 0.29) is 22.0 Å². The highest BCUT2D eigenvalue weighted by Crippen LogP contribution is 2.29. The zero-order valence-electron chi connectivity index (χ0n) is 19.0. The summed E-state index contributed by atoms with van der Waals surface area (Å²) in [5.41, 5.74) is -0.288. The van der Waals surface area contributed by atoms with Crippen LogP contribution in [0.15, 0.2) is 83.3 Å². The van der Waals surface area contributed by atoms with Crippen molar-refractivity contribution in [3.8, 4) is 11.5 Å². The molecule has 0 atom stereocenters. The van der Waals surface area contributed by atoms with Gasteiger partial charge in [-0.15, -0.1) is 0 Å². The van der Waals surface area contributed by atoms with E-state index in [1.807, 2.05) is 0 Å². The highest BCUT2D eigenvalue weighted by atomic mass is 32.2. The van der Waals surface area contributed by atoms with E-state index in [0.29, 0.717) is 11.4 Å². The fourth-order valence-electron chi connectivity index (χ4n) is 3.37. The molecule has 1 fully saturated rings. The lowest BCUT2D eigenvalue weighted by atomic mass is 10.1. The second-order valence-corrected chi connectivity index (χ2v) is 9.42. The molecule has 13 heteroatoms. The summed E-state index contributed by atoms with van der Waals surface area (Å²) in [7, 11) is -3.00. The van der Waals surface area contributed by atoms with Crippen LogP contribution in [-0.4, -0.2) is 37.4 Å². The Labute approximate surface area is 216 Å². The van der Waals surface area contributed by atoms with Crippen molar-refractivity contribution in [1.29, 1.82) is 0 Å². The van der Waals surface area contributed by atoms with Gasteiger partial charge in [0.1, 0.15) is 22.0 Å². The van der Waals surface area contributed by atoms with Crippen LogP contribution in [0.3, 0.4) is 0 Å². The molecule has 37 heavy (non-hydrogen) atoms. The fraction of sp³-hybridized carbons (Fsp3) is 0.0417. The third-order valence-electron chi connectivity index (χ3n) is 5.17. The molecule has 0 radical (unpaired) electrons. The Morgan fingerprint density at radius 2 is 1.73 bits per heavy atom. The minimum absolute atomic E-state index is 0.0949. The number of amides is 2. The molecular formula is C24H17N3O8S2. The van der Waals surface area contributed by atoms with Crippen LogP contribution in [-0.2, 0) is 19.7 Å². The molecule has 4 rings (SSSR count). The molecule has 0 aliphatic carbocycles. The van der Waals surface area contributed by atoms with Crippen LogP contribution in [0.4, 0.5) is 11.4 Å². The van der Waals surface area contributed by atoms with Gasteiger partial charge >= 0.3 is 10.1 Å². The maximum Gasteiger partial charge on any atom is 0.339 e. The number of carbonyl (C=O) groups excluding carboxylic acids is 2. The summed E-state index contributed by atoms with van der Waals surface area (Å²) < 4.78 is 36.0. The molecule has 0 bridgehead atoms. The molecule has 3 aromatic carbocycles. The summed E-state index contributed by atoms with van der Waals surface area (Å²) >= 11 is 5.19. The lowest BCUT2D eigenvalue weighted by Crippen LogP contribution is -2.54. The van der Waals surface area contributed by atoms with Crippen molar-refractivity contribution < 1.29 is 31.9 Å². The largest absolute Gasteiger partial charge is 0.497 e. The van der Waals surface area contributed by atoms with Crippen LogP contribution >= 0.6 is 12.2 Å². The molecule has 188 valence electrons. The molecule has 1 heterocycles. The first-order valence-corrected chi connectivity index (χ1v) is 12.3. The molecule has 0 aromatic heterocycles. The molecule has 3 aromatic rings. The van der Waals surface area contributed by atoms with Gasteiger partial charge in [0.15, 0.2) is 5.11 Å². The molecule has 1 aliphatic heterocycles. The molecular weight excluding hydrogens is 522 g/mol. The number of nitrogens with zero attached hydrogens (tertiary/aromatic N) is 2. The van der Waals surface area contributed by atoms with E-state index in [4.69, 9.17) is 21.1 Å². The molecule has 2 amide bonds. The van der Waals surface area contributed by atoms with E-state index >= 15 is 0 Å². The second kappa shape index (κ2) is 10.2. The first-order valence-electron chi connectivity index (χ1n) is 10.4. The summed E-state index contributed by atoms with van der Waals surface area (Å²) in [6.07, 6.45) is 1.17. The summed E-state index contributed by atoms with van der Waals surface area (Å²) in [6.45, 7) is 0. The van der Waals surface area contributed by atoms with Crippen LogP contribution in [0.1, 0.15) is 5.56 Å². The molecule has 1 N–H and O–H groups in total. The van der Waals surface area contributed by atoms with Crippen LogP contribution in [0.25, 0.3) is 6.08 Å². The standard InChI is InChI=1S/C24H17N3O8S2/c1-34-18-11-9-16(10-12-18)26-23(29)20(22(28)25-24(26)36)13-15-5-2-3-8-21(15)35-37(32,33)19-7-4-6-17(14-19)27(30)31/h2-14H,1H3,(H,25,28,36)/b20-13-. The van der Waals surface area contributed by atoms with Gasteiger partial charge in [-0.2, -0.15) is 8.42 Å². The van der Waals surface area contributed by atoms with Gasteiger partial charge < -0.3 is 8.92 Å². The van der Waals surface area contributed by atoms with Crippen molar-refractivity contribution in [3.05, 3.63) is 94.0 Å². The normalized spacial score (nSPS) is 14.9. The van der Waals surface area contributed by atoms with Crippen molar-refractivity contribution in [1.82, 2.24) is 5.32 Å². The highest BCUT2D eigenvalue weighted by Gasteiger charge is 2.35. The SMILES string of the molecule is COc1ccc(N2C(=O)/C(=C\c3ccccc3OS(=O)(=O)c3cccc([N+](=O)[O-])c3)C(=O)NC2=S)cc1. The molecule has 1 saturated heterocycles. The number of hydrogen-bond acceptors (Lipinski definition) is 9. The smallest absolute Gasteiger partial charge is 0.339 e. The first kappa shape index (κ1) is 25.5. The van der Waals surface area contributed by atoms with Crippen molar-refractivity contribution in [3.63, 3.8) is 0 Å². The van der Waals surface area contributed by atoms with Gasteiger partial charge in [-0.3, -0.25) is 29.9 Å². The Kier molecular flexibility index (Phi) is 7.00. The minimum Gasteiger partial charge on any atom is -0.497 e. The van der Waals surface area contributed by atoms with Gasteiger partial charge in [-0.1, -0.05) is 24.3 Å². The predicted molar refractivity (Wildman–Crippen MR) is 137 cm³/mol. The number of nitro groups is 1. The maximum absolute atomic E-state index is 13.3. The number of rotatable bonds is 7. The third kappa shape index (κ3) is 5.32. The van der Waals surface area contributed by atoms with E-state index in [9.17, 15) is 28.1 Å². The monoisotopic (exact) mass is 539 g/mol. The fourth-order valence-corrected chi connectivity index (χ4v) is 4.65. The number of nitrogens with one attached hydrogen (secondary N) is 1. The van der Waals surface area contributed by atoms with Gasteiger partial charge in [0, 0.05) is 17.7 Å². The number of anilines is 1. The van der Waals surface area contributed by atoms with Crippen molar-refractivity contribution >= 4 is 56.7 Å². The molecule has 11 nitrogen and oxygen atoms in total. The van der Waals surface area contributed by atoms with Gasteiger partial charge in [0.2, 0.25) is 0 Å². The Morgan fingerprint density at radius 1 is 1.03 bits per heavy atom. The molecule has 0 spiro atoms. The average Bonchev–Trinajstić information content (AvgIpc) is 2.87.